The van der Waals surface area contributed by atoms with Crippen molar-refractivity contribution in [2.75, 3.05) is 0 Å². The van der Waals surface area contributed by atoms with E-state index < -0.39 is 17.5 Å². The number of thiazole rings is 1. The number of nitrogens with one attached hydrogen (secondary N) is 2. The normalized spacial score (nSPS) is 11.9. The lowest BCUT2D eigenvalue weighted by Gasteiger charge is -2.14. The third-order valence-corrected chi connectivity index (χ3v) is 4.15. The van der Waals surface area contributed by atoms with Crippen LogP contribution in [0.25, 0.3) is 10.8 Å². The highest BCUT2D eigenvalue weighted by atomic mass is 32.1. The number of hydrogen-bond acceptors (Lipinski definition) is 5. The minimum atomic E-state index is -0.578. The lowest BCUT2D eigenvalue weighted by molar-refractivity contribution is 0.0938. The number of aromatic amines is 1. The lowest BCUT2D eigenvalue weighted by atomic mass is 10.1. The van der Waals surface area contributed by atoms with E-state index in [1.54, 1.807) is 30.6 Å². The van der Waals surface area contributed by atoms with Gasteiger partial charge in [0.1, 0.15) is 11.4 Å². The Labute approximate surface area is 140 Å². The molecule has 0 aliphatic heterocycles. The van der Waals surface area contributed by atoms with Crippen LogP contribution in [0.4, 0.5) is 4.39 Å². The van der Waals surface area contributed by atoms with Crippen molar-refractivity contribution < 1.29 is 9.18 Å². The summed E-state index contributed by atoms with van der Waals surface area (Å²) < 4.78 is 13.2. The highest BCUT2D eigenvalue weighted by molar-refractivity contribution is 7.12. The van der Waals surface area contributed by atoms with Crippen molar-refractivity contribution in [3.05, 3.63) is 69.3 Å². The summed E-state index contributed by atoms with van der Waals surface area (Å²) in [6.07, 6.45) is 2.81. The number of halogens is 1. The third-order valence-electron chi connectivity index (χ3n) is 3.38. The second-order valence-corrected chi connectivity index (χ2v) is 5.96. The van der Waals surface area contributed by atoms with Crippen LogP contribution in [0.15, 0.2) is 46.8 Å². The van der Waals surface area contributed by atoms with E-state index >= 15 is 0 Å². The molecule has 6 nitrogen and oxygen atoms in total. The first-order valence-electron chi connectivity index (χ1n) is 7.10. The van der Waals surface area contributed by atoms with Gasteiger partial charge in [-0.25, -0.2) is 14.4 Å². The molecule has 0 saturated carbocycles. The molecule has 0 saturated heterocycles. The van der Waals surface area contributed by atoms with Gasteiger partial charge < -0.3 is 10.3 Å². The Kier molecular flexibility index (Phi) is 4.48. The molecule has 0 radical (unpaired) electrons. The van der Waals surface area contributed by atoms with Gasteiger partial charge in [0.2, 0.25) is 0 Å². The lowest BCUT2D eigenvalue weighted by Crippen LogP contribution is -2.32. The first kappa shape index (κ1) is 16.0. The molecule has 0 aliphatic carbocycles. The molecule has 24 heavy (non-hydrogen) atoms. The number of aromatic nitrogens is 3. The largest absolute Gasteiger partial charge is 0.345 e. The van der Waals surface area contributed by atoms with E-state index in [2.05, 4.69) is 20.3 Å². The number of carbonyl (C=O) groups is 1. The van der Waals surface area contributed by atoms with Crippen LogP contribution in [0.3, 0.4) is 0 Å². The number of hydrogen-bond donors (Lipinski definition) is 2. The van der Waals surface area contributed by atoms with Crippen LogP contribution in [0, 0.1) is 5.82 Å². The molecule has 0 aliphatic rings. The van der Waals surface area contributed by atoms with Crippen molar-refractivity contribution in [1.82, 2.24) is 20.3 Å². The summed E-state index contributed by atoms with van der Waals surface area (Å²) in [6, 6.07) is 5.46. The summed E-state index contributed by atoms with van der Waals surface area (Å²) >= 11 is 1.33. The molecule has 0 fully saturated rings. The van der Waals surface area contributed by atoms with Crippen molar-refractivity contribution in [2.45, 2.75) is 13.0 Å². The molecule has 2 heterocycles. The molecule has 8 heteroatoms. The molecule has 0 spiro atoms. The molecule has 1 aromatic carbocycles. The van der Waals surface area contributed by atoms with Crippen LogP contribution in [0.1, 0.15) is 28.9 Å². The summed E-state index contributed by atoms with van der Waals surface area (Å²) in [7, 11) is 0. The molecule has 3 rings (SSSR count). The predicted octanol–water partition coefficient (Wildman–Crippen LogP) is 2.52. The van der Waals surface area contributed by atoms with Gasteiger partial charge in [0.25, 0.3) is 11.5 Å². The Bertz CT molecular complexity index is 924. The minimum Gasteiger partial charge on any atom is -0.345 e. The first-order chi connectivity index (χ1) is 11.5. The Balaban J connectivity index is 1.79. The highest BCUT2D eigenvalue weighted by Gasteiger charge is 2.16. The zero-order chi connectivity index (χ0) is 17.1. The molecular formula is C16H13FN4O2S. The van der Waals surface area contributed by atoms with E-state index in [4.69, 9.17) is 0 Å². The fourth-order valence-corrected chi connectivity index (χ4v) is 2.73. The molecule has 1 amide bonds. The summed E-state index contributed by atoms with van der Waals surface area (Å²) in [6.45, 7) is 1.71. The van der Waals surface area contributed by atoms with E-state index in [9.17, 15) is 14.0 Å². The second kappa shape index (κ2) is 6.71. The maximum atomic E-state index is 13.2. The van der Waals surface area contributed by atoms with Gasteiger partial charge in [-0.2, -0.15) is 0 Å². The summed E-state index contributed by atoms with van der Waals surface area (Å²) in [5, 5.41) is 4.98. The fourth-order valence-electron chi connectivity index (χ4n) is 2.14. The summed E-state index contributed by atoms with van der Waals surface area (Å²) in [4.78, 5) is 35.0. The summed E-state index contributed by atoms with van der Waals surface area (Å²) in [5.74, 6) is -0.656. The molecule has 2 N–H and O–H groups in total. The van der Waals surface area contributed by atoms with Crippen LogP contribution in [-0.2, 0) is 0 Å². The highest BCUT2D eigenvalue weighted by Crippen LogP contribution is 2.16. The van der Waals surface area contributed by atoms with Crippen molar-refractivity contribution in [3.8, 4) is 10.8 Å². The van der Waals surface area contributed by atoms with Gasteiger partial charge in [-0.1, -0.05) is 12.1 Å². The van der Waals surface area contributed by atoms with Gasteiger partial charge in [0.15, 0.2) is 10.8 Å². The minimum absolute atomic E-state index is 0.112. The zero-order valence-electron chi connectivity index (χ0n) is 12.6. The molecule has 2 aromatic heterocycles. The molecule has 122 valence electrons. The number of nitrogens with zero attached hydrogens (tertiary/aromatic N) is 2. The van der Waals surface area contributed by atoms with Crippen molar-refractivity contribution in [3.63, 3.8) is 0 Å². The Morgan fingerprint density at radius 1 is 1.38 bits per heavy atom. The molecule has 3 aromatic rings. The standard InChI is InChI=1S/C16H13FN4O2S/c1-9(10-3-2-4-11(17)7-10)20-14(22)12-8-19-13(21-15(12)23)16-18-5-6-24-16/h2-9H,1H3,(H,20,22)(H,19,21,23)/t9-/m1/s1. The van der Waals surface area contributed by atoms with E-state index in [0.29, 0.717) is 16.4 Å². The molecule has 0 bridgehead atoms. The Morgan fingerprint density at radius 2 is 2.21 bits per heavy atom. The van der Waals surface area contributed by atoms with E-state index in [1.807, 2.05) is 0 Å². The van der Waals surface area contributed by atoms with Crippen molar-refractivity contribution >= 4 is 17.2 Å². The van der Waals surface area contributed by atoms with E-state index in [1.165, 1.54) is 29.7 Å². The average Bonchev–Trinajstić information content (AvgIpc) is 3.09. The number of benzene rings is 1. The van der Waals surface area contributed by atoms with Gasteiger partial charge in [0, 0.05) is 17.8 Å². The topological polar surface area (TPSA) is 87.7 Å². The molecule has 1 atom stereocenters. The van der Waals surface area contributed by atoms with Gasteiger partial charge in [-0.05, 0) is 24.6 Å². The number of carbonyl (C=O) groups excluding carboxylic acids is 1. The van der Waals surface area contributed by atoms with Gasteiger partial charge >= 0.3 is 0 Å². The van der Waals surface area contributed by atoms with E-state index in [-0.39, 0.29) is 11.4 Å². The number of H-pyrrole nitrogens is 1. The third kappa shape index (κ3) is 3.38. The maximum Gasteiger partial charge on any atom is 0.264 e. The monoisotopic (exact) mass is 344 g/mol. The number of rotatable bonds is 4. The zero-order valence-corrected chi connectivity index (χ0v) is 13.4. The molecular weight excluding hydrogens is 331 g/mol. The van der Waals surface area contributed by atoms with E-state index in [0.717, 1.165) is 0 Å². The van der Waals surface area contributed by atoms with Crippen molar-refractivity contribution in [2.24, 2.45) is 0 Å². The quantitative estimate of drug-likeness (QED) is 0.761. The fraction of sp³-hybridized carbons (Fsp3) is 0.125. The smallest absolute Gasteiger partial charge is 0.264 e. The van der Waals surface area contributed by atoms with Crippen molar-refractivity contribution in [1.29, 1.82) is 0 Å². The van der Waals surface area contributed by atoms with Crippen LogP contribution in [0.2, 0.25) is 0 Å². The number of amides is 1. The van der Waals surface area contributed by atoms with Gasteiger partial charge in [-0.3, -0.25) is 9.59 Å². The van der Waals surface area contributed by atoms with Crippen LogP contribution >= 0.6 is 11.3 Å². The van der Waals surface area contributed by atoms with Crippen LogP contribution < -0.4 is 10.9 Å². The SMILES string of the molecule is C[C@@H](NC(=O)c1cnc(-c2nccs2)[nH]c1=O)c1cccc(F)c1. The Morgan fingerprint density at radius 3 is 2.88 bits per heavy atom. The van der Waals surface area contributed by atoms with Gasteiger partial charge in [0.05, 0.1) is 6.04 Å². The summed E-state index contributed by atoms with van der Waals surface area (Å²) in [5.41, 5.74) is -0.0650. The molecule has 0 unspecified atom stereocenters. The van der Waals surface area contributed by atoms with Gasteiger partial charge in [-0.15, -0.1) is 11.3 Å². The van der Waals surface area contributed by atoms with Crippen LogP contribution in [-0.4, -0.2) is 20.9 Å². The maximum absolute atomic E-state index is 13.2. The van der Waals surface area contributed by atoms with Crippen LogP contribution in [0.5, 0.6) is 0 Å². The first-order valence-corrected chi connectivity index (χ1v) is 7.98. The predicted molar refractivity (Wildman–Crippen MR) is 88.2 cm³/mol. The Hall–Kier alpha value is -2.87. The second-order valence-electron chi connectivity index (χ2n) is 5.06. The average molecular weight is 344 g/mol.